The molecule has 0 spiro atoms. The fraction of sp³-hybridized carbons (Fsp3) is 0.419. The van der Waals surface area contributed by atoms with Gasteiger partial charge in [-0.2, -0.15) is 0 Å². The van der Waals surface area contributed by atoms with E-state index in [1.807, 2.05) is 24.3 Å². The van der Waals surface area contributed by atoms with Crippen LogP contribution in [0.15, 0.2) is 72.8 Å². The highest BCUT2D eigenvalue weighted by Gasteiger charge is 2.14. The molecule has 0 bridgehead atoms. The van der Waals surface area contributed by atoms with Crippen LogP contribution in [0.25, 0.3) is 0 Å². The van der Waals surface area contributed by atoms with Crippen molar-refractivity contribution in [1.82, 2.24) is 0 Å². The first kappa shape index (κ1) is 28.9. The maximum Gasteiger partial charge on any atom is 0.123 e. The van der Waals surface area contributed by atoms with Gasteiger partial charge in [0.2, 0.25) is 0 Å². The Labute approximate surface area is 207 Å². The van der Waals surface area contributed by atoms with Gasteiger partial charge in [0, 0.05) is 5.02 Å². The van der Waals surface area contributed by atoms with Crippen molar-refractivity contribution in [3.05, 3.63) is 106 Å². The highest BCUT2D eigenvalue weighted by atomic mass is 35.5. The van der Waals surface area contributed by atoms with Crippen LogP contribution in [-0.2, 0) is 16.2 Å². The fourth-order valence-electron chi connectivity index (χ4n) is 3.02. The van der Waals surface area contributed by atoms with Gasteiger partial charge in [0.15, 0.2) is 0 Å². The van der Waals surface area contributed by atoms with Crippen LogP contribution in [0.3, 0.4) is 0 Å². The molecular weight excluding hydrogens is 427 g/mol. The van der Waals surface area contributed by atoms with Gasteiger partial charge >= 0.3 is 0 Å². The number of aryl methyl sites for hydroxylation is 1. The van der Waals surface area contributed by atoms with Crippen molar-refractivity contribution in [3.8, 4) is 0 Å². The second-order valence-electron chi connectivity index (χ2n) is 11.6. The zero-order valence-electron chi connectivity index (χ0n) is 22.2. The van der Waals surface area contributed by atoms with Gasteiger partial charge in [-0.25, -0.2) is 4.39 Å². The largest absolute Gasteiger partial charge is 0.207 e. The molecule has 180 valence electrons. The van der Waals surface area contributed by atoms with Gasteiger partial charge < -0.3 is 0 Å². The Hall–Kier alpha value is -2.12. The Morgan fingerprint density at radius 2 is 0.939 bits per heavy atom. The molecule has 0 unspecified atom stereocenters. The first-order chi connectivity index (χ1) is 15.0. The lowest BCUT2D eigenvalue weighted by atomic mass is 9.86. The Kier molecular flexibility index (Phi) is 10.4. The molecule has 0 radical (unpaired) electrons. The molecule has 0 saturated heterocycles. The van der Waals surface area contributed by atoms with E-state index < -0.39 is 0 Å². The second-order valence-corrected chi connectivity index (χ2v) is 12.1. The second kappa shape index (κ2) is 11.8. The summed E-state index contributed by atoms with van der Waals surface area (Å²) in [7, 11) is 0. The van der Waals surface area contributed by atoms with Gasteiger partial charge in [-0.05, 0) is 64.1 Å². The Balaban J connectivity index is 0.000000247. The van der Waals surface area contributed by atoms with Crippen molar-refractivity contribution < 1.29 is 4.39 Å². The van der Waals surface area contributed by atoms with Crippen LogP contribution in [0.5, 0.6) is 0 Å². The van der Waals surface area contributed by atoms with Crippen LogP contribution >= 0.6 is 11.6 Å². The van der Waals surface area contributed by atoms with Gasteiger partial charge in [-0.3, -0.25) is 0 Å². The van der Waals surface area contributed by atoms with E-state index in [0.29, 0.717) is 0 Å². The number of rotatable bonds is 0. The molecule has 0 N–H and O–H groups in total. The molecule has 3 aromatic carbocycles. The summed E-state index contributed by atoms with van der Waals surface area (Å²) in [5.41, 5.74) is 5.61. The topological polar surface area (TPSA) is 0 Å². The molecule has 3 aromatic rings. The summed E-state index contributed by atoms with van der Waals surface area (Å²) in [5.74, 6) is -0.155. The maximum absolute atomic E-state index is 12.7. The van der Waals surface area contributed by atoms with Gasteiger partial charge in [0.25, 0.3) is 0 Å². The van der Waals surface area contributed by atoms with Crippen LogP contribution in [0.1, 0.15) is 84.6 Å². The van der Waals surface area contributed by atoms with Crippen LogP contribution in [0.4, 0.5) is 4.39 Å². The molecule has 2 heteroatoms. The molecule has 0 aliphatic rings. The van der Waals surface area contributed by atoms with Crippen molar-refractivity contribution in [2.24, 2.45) is 0 Å². The maximum atomic E-state index is 12.7. The molecule has 0 nitrogen and oxygen atoms in total. The lowest BCUT2D eigenvalue weighted by molar-refractivity contribution is 0.572. The summed E-state index contributed by atoms with van der Waals surface area (Å²) in [6, 6.07) is 23.4. The predicted octanol–water partition coefficient (Wildman–Crippen LogP) is 10.1. The number of hydrogen-bond acceptors (Lipinski definition) is 0. The van der Waals surface area contributed by atoms with Crippen LogP contribution < -0.4 is 0 Å². The summed E-state index contributed by atoms with van der Waals surface area (Å²) < 4.78 is 12.7. The zero-order valence-corrected chi connectivity index (χ0v) is 22.9. The van der Waals surface area contributed by atoms with E-state index in [1.54, 1.807) is 12.1 Å². The summed E-state index contributed by atoms with van der Waals surface area (Å²) in [5, 5.41) is 0.817. The first-order valence-corrected chi connectivity index (χ1v) is 12.0. The van der Waals surface area contributed by atoms with E-state index in [-0.39, 0.29) is 22.1 Å². The van der Waals surface area contributed by atoms with Crippen molar-refractivity contribution in [2.75, 3.05) is 0 Å². The predicted molar refractivity (Wildman–Crippen MR) is 145 cm³/mol. The number of benzene rings is 3. The molecule has 0 heterocycles. The van der Waals surface area contributed by atoms with Crippen molar-refractivity contribution in [1.29, 1.82) is 0 Å². The van der Waals surface area contributed by atoms with Gasteiger partial charge in [-0.15, -0.1) is 0 Å². The minimum Gasteiger partial charge on any atom is -0.207 e. The lowest BCUT2D eigenvalue weighted by Gasteiger charge is -2.19. The normalized spacial score (nSPS) is 11.6. The average Bonchev–Trinajstić information content (AvgIpc) is 2.67. The van der Waals surface area contributed by atoms with Crippen LogP contribution in [-0.4, -0.2) is 0 Å². The van der Waals surface area contributed by atoms with Gasteiger partial charge in [-0.1, -0.05) is 128 Å². The van der Waals surface area contributed by atoms with Crippen molar-refractivity contribution >= 4 is 11.6 Å². The molecule has 0 atom stereocenters. The number of halogens is 2. The van der Waals surface area contributed by atoms with E-state index in [4.69, 9.17) is 11.6 Å². The molecular formula is C31H42ClF. The van der Waals surface area contributed by atoms with E-state index in [0.717, 1.165) is 10.6 Å². The third-order valence-electron chi connectivity index (χ3n) is 5.27. The third kappa shape index (κ3) is 11.0. The smallest absolute Gasteiger partial charge is 0.123 e. The molecule has 3 rings (SSSR count). The van der Waals surface area contributed by atoms with E-state index in [2.05, 4.69) is 99.6 Å². The van der Waals surface area contributed by atoms with Crippen LogP contribution in [0.2, 0.25) is 5.02 Å². The molecule has 0 aliphatic carbocycles. The van der Waals surface area contributed by atoms with Gasteiger partial charge in [0.05, 0.1) is 0 Å². The summed E-state index contributed by atoms with van der Waals surface area (Å²) >= 11 is 5.85. The van der Waals surface area contributed by atoms with Crippen LogP contribution in [0, 0.1) is 12.7 Å². The van der Waals surface area contributed by atoms with Crippen molar-refractivity contribution in [2.45, 2.75) is 85.5 Å². The van der Waals surface area contributed by atoms with Crippen molar-refractivity contribution in [3.63, 3.8) is 0 Å². The quantitative estimate of drug-likeness (QED) is 0.307. The summed E-state index contributed by atoms with van der Waals surface area (Å²) in [6.07, 6.45) is 0. The van der Waals surface area contributed by atoms with E-state index >= 15 is 0 Å². The zero-order chi connectivity index (χ0) is 25.4. The highest BCUT2D eigenvalue weighted by molar-refractivity contribution is 6.30. The van der Waals surface area contributed by atoms with Gasteiger partial charge in [0.1, 0.15) is 5.82 Å². The molecule has 0 aliphatic heterocycles. The number of hydrogen-bond donors (Lipinski definition) is 0. The minimum absolute atomic E-state index is 0.0437. The molecule has 33 heavy (non-hydrogen) atoms. The molecule has 0 amide bonds. The molecule has 0 fully saturated rings. The van der Waals surface area contributed by atoms with E-state index in [1.165, 1.54) is 22.8 Å². The fourth-order valence-corrected chi connectivity index (χ4v) is 3.21. The van der Waals surface area contributed by atoms with E-state index in [9.17, 15) is 4.39 Å². The third-order valence-corrected chi connectivity index (χ3v) is 5.50. The molecule has 0 aromatic heterocycles. The first-order valence-electron chi connectivity index (χ1n) is 11.6. The minimum atomic E-state index is -0.155. The summed E-state index contributed by atoms with van der Waals surface area (Å²) in [6.45, 7) is 21.6. The molecule has 0 saturated carbocycles. The average molecular weight is 469 g/mol. The Morgan fingerprint density at radius 3 is 1.24 bits per heavy atom. The Bertz CT molecular complexity index is 866. The SMILES string of the molecule is CC(C)(C)c1cccc(Cl)c1.CC(C)(C)c1cccc(F)c1.Cc1cccc(C(C)(C)C)c1. The monoisotopic (exact) mass is 468 g/mol. The summed E-state index contributed by atoms with van der Waals surface area (Å²) in [4.78, 5) is 0. The lowest BCUT2D eigenvalue weighted by Crippen LogP contribution is -2.10. The highest BCUT2D eigenvalue weighted by Crippen LogP contribution is 2.24. The standard InChI is InChI=1S/C11H16.C10H13Cl.C10H13F/c1-9-6-5-7-10(8-9)11(2,3)4;2*1-10(2,3)8-5-4-6-9(11)7-8/h5-8H,1-4H3;2*4-7H,1-3H3. The Morgan fingerprint density at radius 1 is 0.545 bits per heavy atom.